The van der Waals surface area contributed by atoms with E-state index in [9.17, 15) is 4.79 Å². The molecular weight excluding hydrogens is 229 g/mol. The van der Waals surface area contributed by atoms with Gasteiger partial charge in [0.1, 0.15) is 0 Å². The predicted octanol–water partition coefficient (Wildman–Crippen LogP) is 0.948. The molecule has 0 bridgehead atoms. The number of carbonyl (C=O) groups excluding carboxylic acids is 1. The van der Waals surface area contributed by atoms with E-state index in [0.29, 0.717) is 5.92 Å². The second-order valence-corrected chi connectivity index (χ2v) is 3.17. The fraction of sp³-hybridized carbons (Fsp3) is 0.833. The van der Waals surface area contributed by atoms with Gasteiger partial charge in [0.05, 0.1) is 0 Å². The third-order valence-corrected chi connectivity index (χ3v) is 2.65. The number of carbonyl (C=O) groups is 1. The van der Waals surface area contributed by atoms with Crippen molar-refractivity contribution in [1.82, 2.24) is 5.32 Å². The molecule has 1 amide bonds. The number of halogens is 1. The zero-order valence-corrected chi connectivity index (χ0v) is 7.35. The van der Waals surface area contributed by atoms with Crippen LogP contribution in [0.25, 0.3) is 0 Å². The van der Waals surface area contributed by atoms with Crippen molar-refractivity contribution in [2.24, 2.45) is 5.92 Å². The van der Waals surface area contributed by atoms with E-state index >= 15 is 0 Å². The fourth-order valence-electron chi connectivity index (χ4n) is 0.983. The molecule has 1 aliphatic rings. The molecule has 9 heavy (non-hydrogen) atoms. The lowest BCUT2D eigenvalue weighted by atomic mass is 10.0. The van der Waals surface area contributed by atoms with Gasteiger partial charge in [-0.1, -0.05) is 22.6 Å². The first-order valence-electron chi connectivity index (χ1n) is 3.18. The first-order valence-corrected chi connectivity index (χ1v) is 4.71. The minimum Gasteiger partial charge on any atom is -0.356 e. The van der Waals surface area contributed by atoms with Crippen molar-refractivity contribution in [1.29, 1.82) is 0 Å². The molecule has 1 rings (SSSR count). The van der Waals surface area contributed by atoms with Crippen molar-refractivity contribution in [3.05, 3.63) is 0 Å². The van der Waals surface area contributed by atoms with Crippen molar-refractivity contribution in [2.45, 2.75) is 12.8 Å². The summed E-state index contributed by atoms with van der Waals surface area (Å²) in [4.78, 5) is 10.9. The number of piperidine rings is 1. The Hall–Kier alpha value is 0.200. The molecule has 0 radical (unpaired) electrons. The van der Waals surface area contributed by atoms with Crippen LogP contribution < -0.4 is 5.32 Å². The first kappa shape index (κ1) is 7.31. The molecule has 0 aromatic carbocycles. The number of amides is 1. The second kappa shape index (κ2) is 3.39. The van der Waals surface area contributed by atoms with Gasteiger partial charge in [-0.2, -0.15) is 0 Å². The zero-order chi connectivity index (χ0) is 6.69. The second-order valence-electron chi connectivity index (χ2n) is 2.28. The Kier molecular flexibility index (Phi) is 2.75. The maximum atomic E-state index is 10.9. The Balaban J connectivity index is 2.39. The maximum Gasteiger partial charge on any atom is 0.223 e. The van der Waals surface area contributed by atoms with E-state index in [0.717, 1.165) is 23.8 Å². The van der Waals surface area contributed by atoms with Crippen LogP contribution in [0, 0.1) is 5.92 Å². The molecular formula is C6H10INO. The molecule has 1 aliphatic heterocycles. The Morgan fingerprint density at radius 2 is 2.56 bits per heavy atom. The molecule has 0 spiro atoms. The normalized spacial score (nSPS) is 27.7. The minimum absolute atomic E-state index is 0.246. The molecule has 1 fully saturated rings. The third-order valence-electron chi connectivity index (χ3n) is 1.59. The van der Waals surface area contributed by atoms with E-state index in [1.807, 2.05) is 0 Å². The van der Waals surface area contributed by atoms with Gasteiger partial charge in [-0.15, -0.1) is 0 Å². The van der Waals surface area contributed by atoms with Crippen LogP contribution in [0.3, 0.4) is 0 Å². The minimum atomic E-state index is 0.246. The van der Waals surface area contributed by atoms with Crippen molar-refractivity contribution in [2.75, 3.05) is 11.0 Å². The summed E-state index contributed by atoms with van der Waals surface area (Å²) >= 11 is 2.26. The highest BCUT2D eigenvalue weighted by molar-refractivity contribution is 14.1. The highest BCUT2D eigenvalue weighted by Crippen LogP contribution is 2.13. The van der Waals surface area contributed by atoms with Crippen LogP contribution in [0.2, 0.25) is 0 Å². The van der Waals surface area contributed by atoms with Gasteiger partial charge in [0.25, 0.3) is 0 Å². The highest BCUT2D eigenvalue weighted by Gasteiger charge is 2.19. The molecule has 1 heterocycles. The van der Waals surface area contributed by atoms with Crippen LogP contribution >= 0.6 is 22.6 Å². The SMILES string of the molecule is O=C1NCCCC1CI. The molecule has 1 atom stereocenters. The Bertz CT molecular complexity index is 116. The zero-order valence-electron chi connectivity index (χ0n) is 5.19. The number of hydrogen-bond donors (Lipinski definition) is 1. The summed E-state index contributed by atoms with van der Waals surface area (Å²) < 4.78 is 0.962. The van der Waals surface area contributed by atoms with E-state index in [-0.39, 0.29) is 5.91 Å². The molecule has 0 aromatic rings. The smallest absolute Gasteiger partial charge is 0.223 e. The van der Waals surface area contributed by atoms with Crippen molar-refractivity contribution in [3.63, 3.8) is 0 Å². The van der Waals surface area contributed by atoms with Crippen LogP contribution in [0.1, 0.15) is 12.8 Å². The van der Waals surface area contributed by atoms with Gasteiger partial charge in [0.15, 0.2) is 0 Å². The molecule has 1 saturated heterocycles. The summed E-state index contributed by atoms with van der Waals surface area (Å²) in [6, 6.07) is 0. The fourth-order valence-corrected chi connectivity index (χ4v) is 1.82. The average Bonchev–Trinajstić information content (AvgIpc) is 1.89. The number of rotatable bonds is 1. The quantitative estimate of drug-likeness (QED) is 0.535. The summed E-state index contributed by atoms with van der Waals surface area (Å²) in [5.41, 5.74) is 0. The molecule has 3 heteroatoms. The van der Waals surface area contributed by atoms with Crippen LogP contribution in [0.15, 0.2) is 0 Å². The number of nitrogens with one attached hydrogen (secondary N) is 1. The van der Waals surface area contributed by atoms with E-state index in [1.54, 1.807) is 0 Å². The lowest BCUT2D eigenvalue weighted by Gasteiger charge is -2.19. The highest BCUT2D eigenvalue weighted by atomic mass is 127. The van der Waals surface area contributed by atoms with Crippen molar-refractivity contribution >= 4 is 28.5 Å². The van der Waals surface area contributed by atoms with E-state index in [4.69, 9.17) is 0 Å². The number of hydrogen-bond acceptors (Lipinski definition) is 1. The summed E-state index contributed by atoms with van der Waals surface area (Å²) in [5, 5.41) is 2.84. The van der Waals surface area contributed by atoms with E-state index in [1.165, 1.54) is 0 Å². The molecule has 1 N–H and O–H groups in total. The standard InChI is InChI=1S/C6H10INO/c7-4-5-2-1-3-8-6(5)9/h5H,1-4H2,(H,8,9). The van der Waals surface area contributed by atoms with Gasteiger partial charge in [-0.25, -0.2) is 0 Å². The van der Waals surface area contributed by atoms with E-state index < -0.39 is 0 Å². The van der Waals surface area contributed by atoms with Crippen molar-refractivity contribution < 1.29 is 4.79 Å². The molecule has 0 aliphatic carbocycles. The summed E-state index contributed by atoms with van der Waals surface area (Å²) in [6.07, 6.45) is 2.23. The first-order chi connectivity index (χ1) is 4.34. The summed E-state index contributed by atoms with van der Waals surface area (Å²) in [7, 11) is 0. The molecule has 52 valence electrons. The topological polar surface area (TPSA) is 29.1 Å². The van der Waals surface area contributed by atoms with Crippen LogP contribution in [0.4, 0.5) is 0 Å². The molecule has 0 aromatic heterocycles. The van der Waals surface area contributed by atoms with E-state index in [2.05, 4.69) is 27.9 Å². The van der Waals surface area contributed by atoms with Gasteiger partial charge in [0, 0.05) is 16.9 Å². The largest absolute Gasteiger partial charge is 0.356 e. The van der Waals surface area contributed by atoms with Crippen LogP contribution in [-0.4, -0.2) is 16.9 Å². The molecule has 0 saturated carbocycles. The Morgan fingerprint density at radius 1 is 1.78 bits per heavy atom. The maximum absolute atomic E-state index is 10.9. The lowest BCUT2D eigenvalue weighted by molar-refractivity contribution is -0.125. The lowest BCUT2D eigenvalue weighted by Crippen LogP contribution is -2.37. The summed E-state index contributed by atoms with van der Waals surface area (Å²) in [5.74, 6) is 0.537. The Morgan fingerprint density at radius 3 is 3.00 bits per heavy atom. The van der Waals surface area contributed by atoms with Gasteiger partial charge in [0.2, 0.25) is 5.91 Å². The monoisotopic (exact) mass is 239 g/mol. The van der Waals surface area contributed by atoms with Crippen LogP contribution in [-0.2, 0) is 4.79 Å². The number of alkyl halides is 1. The summed E-state index contributed by atoms with van der Waals surface area (Å²) in [6.45, 7) is 0.881. The van der Waals surface area contributed by atoms with Gasteiger partial charge in [-0.3, -0.25) is 4.79 Å². The molecule has 1 unspecified atom stereocenters. The van der Waals surface area contributed by atoms with Gasteiger partial charge >= 0.3 is 0 Å². The average molecular weight is 239 g/mol. The third kappa shape index (κ3) is 1.81. The Labute approximate surface area is 68.5 Å². The van der Waals surface area contributed by atoms with Gasteiger partial charge < -0.3 is 5.32 Å². The predicted molar refractivity (Wildman–Crippen MR) is 44.6 cm³/mol. The molecule has 2 nitrogen and oxygen atoms in total. The van der Waals surface area contributed by atoms with Crippen LogP contribution in [0.5, 0.6) is 0 Å². The van der Waals surface area contributed by atoms with Crippen molar-refractivity contribution in [3.8, 4) is 0 Å². The van der Waals surface area contributed by atoms with Gasteiger partial charge in [-0.05, 0) is 12.8 Å².